The van der Waals surface area contributed by atoms with Crippen LogP contribution in [0.1, 0.15) is 0 Å². The van der Waals surface area contributed by atoms with Gasteiger partial charge in [0.1, 0.15) is 22.3 Å². The normalized spacial score (nSPS) is 11.8. The van der Waals surface area contributed by atoms with Gasteiger partial charge in [0.15, 0.2) is 0 Å². The fourth-order valence-electron chi connectivity index (χ4n) is 7.83. The topological polar surface area (TPSA) is 29.5 Å². The van der Waals surface area contributed by atoms with Crippen molar-refractivity contribution in [3.05, 3.63) is 176 Å². The zero-order valence-corrected chi connectivity index (χ0v) is 28.7. The van der Waals surface area contributed by atoms with Gasteiger partial charge in [0.2, 0.25) is 0 Å². The first-order valence-corrected chi connectivity index (χ1v) is 18.3. The van der Waals surface area contributed by atoms with Crippen LogP contribution in [0.25, 0.3) is 86.3 Å². The van der Waals surface area contributed by atoms with Gasteiger partial charge in [-0.2, -0.15) is 0 Å². The Kier molecular flexibility index (Phi) is 6.42. The number of hydrogen-bond acceptors (Lipinski definition) is 4. The maximum absolute atomic E-state index is 6.40. The standard InChI is InChI=1S/C48H29NO2S/c1-4-16-43-37(9-1)40-14-7-12-35(47(40)50-43)30-19-23-32(24-20-30)49(34-27-28-46-42(29-34)39-11-3-6-18-45(39)52-46)33-25-21-31(22-26-33)36-13-8-15-41-38-10-2-5-17-44(38)51-48(36)41/h1-29H. The smallest absolute Gasteiger partial charge is 0.143 e. The summed E-state index contributed by atoms with van der Waals surface area (Å²) in [5.74, 6) is 0. The molecule has 0 fully saturated rings. The van der Waals surface area contributed by atoms with Crippen molar-refractivity contribution in [1.82, 2.24) is 0 Å². The molecule has 0 spiro atoms. The Labute approximate surface area is 303 Å². The van der Waals surface area contributed by atoms with E-state index in [9.17, 15) is 0 Å². The van der Waals surface area contributed by atoms with Gasteiger partial charge in [0.05, 0.1) is 0 Å². The predicted octanol–water partition coefficient (Wildman–Crippen LogP) is 14.7. The first-order chi connectivity index (χ1) is 25.8. The molecule has 4 heteroatoms. The molecule has 11 rings (SSSR count). The predicted molar refractivity (Wildman–Crippen MR) is 219 cm³/mol. The van der Waals surface area contributed by atoms with E-state index in [1.54, 1.807) is 0 Å². The van der Waals surface area contributed by atoms with Crippen molar-refractivity contribution in [3.8, 4) is 22.3 Å². The molecule has 3 nitrogen and oxygen atoms in total. The van der Waals surface area contributed by atoms with Crippen LogP contribution < -0.4 is 4.90 Å². The first-order valence-electron chi connectivity index (χ1n) is 17.5. The van der Waals surface area contributed by atoms with E-state index in [1.165, 1.54) is 20.2 Å². The lowest BCUT2D eigenvalue weighted by molar-refractivity contribution is 0.669. The van der Waals surface area contributed by atoms with E-state index in [1.807, 2.05) is 35.6 Å². The van der Waals surface area contributed by atoms with Crippen LogP contribution in [0.4, 0.5) is 17.1 Å². The van der Waals surface area contributed by atoms with Crippen molar-refractivity contribution in [2.75, 3.05) is 4.90 Å². The number of thiophene rings is 1. The minimum absolute atomic E-state index is 0.907. The third kappa shape index (κ3) is 4.51. The van der Waals surface area contributed by atoms with Crippen molar-refractivity contribution in [2.24, 2.45) is 0 Å². The third-order valence-electron chi connectivity index (χ3n) is 10.3. The van der Waals surface area contributed by atoms with Crippen LogP contribution in [0.3, 0.4) is 0 Å². The van der Waals surface area contributed by atoms with Crippen LogP contribution in [0.5, 0.6) is 0 Å². The highest BCUT2D eigenvalue weighted by Gasteiger charge is 2.18. The highest BCUT2D eigenvalue weighted by Crippen LogP contribution is 2.43. The minimum Gasteiger partial charge on any atom is -0.455 e. The monoisotopic (exact) mass is 683 g/mol. The van der Waals surface area contributed by atoms with Gasteiger partial charge in [-0.1, -0.05) is 115 Å². The number of nitrogens with zero attached hydrogens (tertiary/aromatic N) is 1. The second kappa shape index (κ2) is 11.5. The van der Waals surface area contributed by atoms with Crippen molar-refractivity contribution in [1.29, 1.82) is 0 Å². The summed E-state index contributed by atoms with van der Waals surface area (Å²) in [6.07, 6.45) is 0. The summed E-state index contributed by atoms with van der Waals surface area (Å²) in [5, 5.41) is 7.09. The Hall–Kier alpha value is -6.62. The fraction of sp³-hybridized carbons (Fsp3) is 0. The Bertz CT molecular complexity index is 2970. The molecule has 11 aromatic rings. The van der Waals surface area contributed by atoms with Crippen LogP contribution in [-0.2, 0) is 0 Å². The summed E-state index contributed by atoms with van der Waals surface area (Å²) < 4.78 is 15.4. The zero-order valence-electron chi connectivity index (χ0n) is 27.9. The summed E-state index contributed by atoms with van der Waals surface area (Å²) in [5.41, 5.74) is 11.3. The first kappa shape index (κ1) is 29.1. The number of fused-ring (bicyclic) bond motifs is 9. The molecule has 244 valence electrons. The largest absolute Gasteiger partial charge is 0.455 e. The number of hydrogen-bond donors (Lipinski definition) is 0. The molecule has 0 saturated heterocycles. The second-order valence-corrected chi connectivity index (χ2v) is 14.4. The number of para-hydroxylation sites is 4. The lowest BCUT2D eigenvalue weighted by Crippen LogP contribution is -2.09. The van der Waals surface area contributed by atoms with E-state index < -0.39 is 0 Å². The fourth-order valence-corrected chi connectivity index (χ4v) is 8.92. The van der Waals surface area contributed by atoms with E-state index in [0.717, 1.165) is 83.2 Å². The summed E-state index contributed by atoms with van der Waals surface area (Å²) in [4.78, 5) is 2.35. The molecule has 0 unspecified atom stereocenters. The molecule has 3 aromatic heterocycles. The molecular weight excluding hydrogens is 655 g/mol. The molecule has 0 bridgehead atoms. The van der Waals surface area contributed by atoms with E-state index in [-0.39, 0.29) is 0 Å². The zero-order chi connectivity index (χ0) is 34.2. The van der Waals surface area contributed by atoms with Crippen LogP contribution in [0.15, 0.2) is 185 Å². The molecule has 52 heavy (non-hydrogen) atoms. The van der Waals surface area contributed by atoms with Gasteiger partial charge in [-0.25, -0.2) is 0 Å². The van der Waals surface area contributed by atoms with Crippen molar-refractivity contribution >= 4 is 92.4 Å². The Morgan fingerprint density at radius 2 is 0.808 bits per heavy atom. The summed E-state index contributed by atoms with van der Waals surface area (Å²) >= 11 is 1.84. The molecule has 0 aliphatic carbocycles. The van der Waals surface area contributed by atoms with Crippen LogP contribution in [0.2, 0.25) is 0 Å². The molecule has 0 aliphatic heterocycles. The molecule has 0 aliphatic rings. The molecule has 0 amide bonds. The summed E-state index contributed by atoms with van der Waals surface area (Å²) in [6, 6.07) is 62.5. The molecular formula is C48H29NO2S. The third-order valence-corrected chi connectivity index (χ3v) is 11.5. The molecule has 0 N–H and O–H groups in total. The minimum atomic E-state index is 0.907. The van der Waals surface area contributed by atoms with Gasteiger partial charge in [0, 0.05) is 69.9 Å². The lowest BCUT2D eigenvalue weighted by Gasteiger charge is -2.26. The van der Waals surface area contributed by atoms with E-state index >= 15 is 0 Å². The second-order valence-electron chi connectivity index (χ2n) is 13.3. The number of anilines is 3. The van der Waals surface area contributed by atoms with Crippen molar-refractivity contribution in [2.45, 2.75) is 0 Å². The SMILES string of the molecule is c1ccc2c(c1)oc1c(-c3ccc(N(c4ccc(-c5cccc6c5oc5ccccc56)cc4)c4ccc5sc6ccccc6c5c4)cc3)cccc12. The highest BCUT2D eigenvalue weighted by molar-refractivity contribution is 7.25. The highest BCUT2D eigenvalue weighted by atomic mass is 32.1. The average Bonchev–Trinajstić information content (AvgIpc) is 3.90. The van der Waals surface area contributed by atoms with Gasteiger partial charge < -0.3 is 13.7 Å². The van der Waals surface area contributed by atoms with Gasteiger partial charge in [-0.15, -0.1) is 11.3 Å². The Balaban J connectivity index is 1.04. The quantitative estimate of drug-likeness (QED) is 0.181. The molecule has 0 atom stereocenters. The number of benzene rings is 8. The van der Waals surface area contributed by atoms with E-state index in [2.05, 4.69) is 157 Å². The van der Waals surface area contributed by atoms with E-state index in [4.69, 9.17) is 8.83 Å². The maximum Gasteiger partial charge on any atom is 0.143 e. The van der Waals surface area contributed by atoms with Gasteiger partial charge in [0.25, 0.3) is 0 Å². The van der Waals surface area contributed by atoms with Crippen molar-refractivity contribution < 1.29 is 8.83 Å². The van der Waals surface area contributed by atoms with Crippen LogP contribution in [0, 0.1) is 0 Å². The summed E-state index contributed by atoms with van der Waals surface area (Å²) in [7, 11) is 0. The molecule has 0 saturated carbocycles. The average molecular weight is 684 g/mol. The van der Waals surface area contributed by atoms with Crippen LogP contribution >= 0.6 is 11.3 Å². The van der Waals surface area contributed by atoms with Crippen molar-refractivity contribution in [3.63, 3.8) is 0 Å². The maximum atomic E-state index is 6.40. The van der Waals surface area contributed by atoms with Crippen LogP contribution in [-0.4, -0.2) is 0 Å². The molecule has 3 heterocycles. The molecule has 0 radical (unpaired) electrons. The summed E-state index contributed by atoms with van der Waals surface area (Å²) in [6.45, 7) is 0. The lowest BCUT2D eigenvalue weighted by atomic mass is 10.0. The number of rotatable bonds is 5. The van der Waals surface area contributed by atoms with Gasteiger partial charge in [-0.3, -0.25) is 0 Å². The Morgan fingerprint density at radius 1 is 0.346 bits per heavy atom. The molecule has 8 aromatic carbocycles. The van der Waals surface area contributed by atoms with Gasteiger partial charge in [-0.05, 0) is 71.8 Å². The van der Waals surface area contributed by atoms with Gasteiger partial charge >= 0.3 is 0 Å². The number of furan rings is 2. The Morgan fingerprint density at radius 3 is 1.38 bits per heavy atom. The van der Waals surface area contributed by atoms with E-state index in [0.29, 0.717) is 0 Å².